The predicted molar refractivity (Wildman–Crippen MR) is 93.2 cm³/mol. The standard InChI is InChI=1S/C17H23N3OS/c1-3-20(4-2)16(14-9-10-22-12-14)11-19-17(21)13-5-7-15(18)8-6-13/h5-10,12,16H,3-4,11,18H2,1-2H3,(H,19,21). The molecule has 118 valence electrons. The Balaban J connectivity index is 2.04. The van der Waals surface area contributed by atoms with Crippen molar-refractivity contribution in [1.82, 2.24) is 10.2 Å². The van der Waals surface area contributed by atoms with Crippen molar-refractivity contribution >= 4 is 22.9 Å². The first-order chi connectivity index (χ1) is 10.7. The number of nitrogens with zero attached hydrogens (tertiary/aromatic N) is 1. The van der Waals surface area contributed by atoms with Crippen LogP contribution in [0.4, 0.5) is 5.69 Å². The number of thiophene rings is 1. The van der Waals surface area contributed by atoms with Crippen LogP contribution in [0.2, 0.25) is 0 Å². The van der Waals surface area contributed by atoms with Gasteiger partial charge in [-0.2, -0.15) is 11.3 Å². The molecule has 0 aliphatic carbocycles. The van der Waals surface area contributed by atoms with Crippen LogP contribution in [0.15, 0.2) is 41.1 Å². The average molecular weight is 317 g/mol. The number of nitrogen functional groups attached to an aromatic ring is 1. The number of nitrogens with one attached hydrogen (secondary N) is 1. The zero-order valence-corrected chi connectivity index (χ0v) is 13.9. The summed E-state index contributed by atoms with van der Waals surface area (Å²) in [4.78, 5) is 14.6. The Morgan fingerprint density at radius 2 is 1.91 bits per heavy atom. The average Bonchev–Trinajstić information content (AvgIpc) is 3.06. The van der Waals surface area contributed by atoms with Crippen LogP contribution in [0.1, 0.15) is 35.8 Å². The smallest absolute Gasteiger partial charge is 0.251 e. The Hall–Kier alpha value is -1.85. The first-order valence-corrected chi connectivity index (χ1v) is 8.49. The number of hydrogen-bond donors (Lipinski definition) is 2. The molecule has 1 aromatic carbocycles. The minimum absolute atomic E-state index is 0.0626. The molecule has 2 rings (SSSR count). The summed E-state index contributed by atoms with van der Waals surface area (Å²) in [5.74, 6) is -0.0626. The Morgan fingerprint density at radius 3 is 2.45 bits per heavy atom. The maximum atomic E-state index is 12.3. The van der Waals surface area contributed by atoms with E-state index in [1.807, 2.05) is 0 Å². The second-order valence-corrected chi connectivity index (χ2v) is 5.91. The SMILES string of the molecule is CCN(CC)C(CNC(=O)c1ccc(N)cc1)c1ccsc1. The second kappa shape index (κ2) is 7.96. The summed E-state index contributed by atoms with van der Waals surface area (Å²) in [6.07, 6.45) is 0. The minimum atomic E-state index is -0.0626. The fraction of sp³-hybridized carbons (Fsp3) is 0.353. The van der Waals surface area contributed by atoms with Gasteiger partial charge in [0.1, 0.15) is 0 Å². The number of rotatable bonds is 7. The first kappa shape index (κ1) is 16.5. The lowest BCUT2D eigenvalue weighted by atomic mass is 10.1. The quantitative estimate of drug-likeness (QED) is 0.771. The Kier molecular flexibility index (Phi) is 5.98. The fourth-order valence-electron chi connectivity index (χ4n) is 2.51. The molecule has 1 aromatic heterocycles. The van der Waals surface area contributed by atoms with Crippen LogP contribution in [-0.4, -0.2) is 30.4 Å². The van der Waals surface area contributed by atoms with Gasteiger partial charge in [-0.1, -0.05) is 13.8 Å². The van der Waals surface area contributed by atoms with Gasteiger partial charge in [0, 0.05) is 17.8 Å². The van der Waals surface area contributed by atoms with Gasteiger partial charge in [0.05, 0.1) is 6.04 Å². The largest absolute Gasteiger partial charge is 0.399 e. The fourth-order valence-corrected chi connectivity index (χ4v) is 3.22. The van der Waals surface area contributed by atoms with Crippen molar-refractivity contribution in [3.05, 3.63) is 52.2 Å². The van der Waals surface area contributed by atoms with Gasteiger partial charge in [-0.25, -0.2) is 0 Å². The minimum Gasteiger partial charge on any atom is -0.399 e. The Morgan fingerprint density at radius 1 is 1.23 bits per heavy atom. The van der Waals surface area contributed by atoms with Crippen LogP contribution < -0.4 is 11.1 Å². The molecule has 1 amide bonds. The highest BCUT2D eigenvalue weighted by Gasteiger charge is 2.19. The zero-order chi connectivity index (χ0) is 15.9. The molecule has 0 aliphatic heterocycles. The van der Waals surface area contributed by atoms with Crippen LogP contribution in [0.25, 0.3) is 0 Å². The van der Waals surface area contributed by atoms with E-state index < -0.39 is 0 Å². The molecule has 1 atom stereocenters. The lowest BCUT2D eigenvalue weighted by molar-refractivity contribution is 0.0935. The summed E-state index contributed by atoms with van der Waals surface area (Å²) >= 11 is 1.69. The summed E-state index contributed by atoms with van der Waals surface area (Å²) < 4.78 is 0. The molecule has 5 heteroatoms. The number of carbonyl (C=O) groups excluding carboxylic acids is 1. The lowest BCUT2D eigenvalue weighted by Crippen LogP contribution is -2.37. The van der Waals surface area contributed by atoms with Crippen molar-refractivity contribution in [2.45, 2.75) is 19.9 Å². The van der Waals surface area contributed by atoms with Gasteiger partial charge in [-0.05, 0) is 59.7 Å². The van der Waals surface area contributed by atoms with E-state index in [9.17, 15) is 4.79 Å². The van der Waals surface area contributed by atoms with Crippen molar-refractivity contribution in [1.29, 1.82) is 0 Å². The van der Waals surface area contributed by atoms with Crippen LogP contribution >= 0.6 is 11.3 Å². The molecule has 4 nitrogen and oxygen atoms in total. The van der Waals surface area contributed by atoms with Gasteiger partial charge >= 0.3 is 0 Å². The number of anilines is 1. The highest BCUT2D eigenvalue weighted by Crippen LogP contribution is 2.22. The van der Waals surface area contributed by atoms with Gasteiger partial charge in [-0.3, -0.25) is 9.69 Å². The predicted octanol–water partition coefficient (Wildman–Crippen LogP) is 3.14. The molecule has 1 unspecified atom stereocenters. The Bertz CT molecular complexity index is 576. The monoisotopic (exact) mass is 317 g/mol. The van der Waals surface area contributed by atoms with Crippen LogP contribution in [0.3, 0.4) is 0 Å². The highest BCUT2D eigenvalue weighted by atomic mass is 32.1. The van der Waals surface area contributed by atoms with Crippen molar-refractivity contribution in [2.24, 2.45) is 0 Å². The molecule has 0 bridgehead atoms. The third kappa shape index (κ3) is 4.08. The van der Waals surface area contributed by atoms with Crippen LogP contribution in [-0.2, 0) is 0 Å². The molecular weight excluding hydrogens is 294 g/mol. The topological polar surface area (TPSA) is 58.4 Å². The molecule has 0 spiro atoms. The molecule has 22 heavy (non-hydrogen) atoms. The molecule has 1 heterocycles. The van der Waals surface area contributed by atoms with E-state index in [-0.39, 0.29) is 11.9 Å². The molecule has 0 saturated carbocycles. The number of amides is 1. The van der Waals surface area contributed by atoms with E-state index in [1.54, 1.807) is 35.6 Å². The zero-order valence-electron chi connectivity index (χ0n) is 13.1. The first-order valence-electron chi connectivity index (χ1n) is 7.55. The van der Waals surface area contributed by atoms with Gasteiger partial charge in [0.2, 0.25) is 0 Å². The lowest BCUT2D eigenvalue weighted by Gasteiger charge is -2.29. The summed E-state index contributed by atoms with van der Waals surface area (Å²) in [5.41, 5.74) is 8.21. The van der Waals surface area contributed by atoms with E-state index in [1.165, 1.54) is 5.56 Å². The van der Waals surface area contributed by atoms with Crippen molar-refractivity contribution in [3.8, 4) is 0 Å². The number of carbonyl (C=O) groups is 1. The highest BCUT2D eigenvalue weighted by molar-refractivity contribution is 7.07. The molecule has 0 fully saturated rings. The van der Waals surface area contributed by atoms with Crippen molar-refractivity contribution in [3.63, 3.8) is 0 Å². The molecular formula is C17H23N3OS. The normalized spacial score (nSPS) is 12.3. The molecule has 2 aromatic rings. The van der Waals surface area contributed by atoms with Gasteiger partial charge in [0.15, 0.2) is 0 Å². The molecule has 3 N–H and O–H groups in total. The van der Waals surface area contributed by atoms with Crippen molar-refractivity contribution in [2.75, 3.05) is 25.4 Å². The van der Waals surface area contributed by atoms with E-state index in [4.69, 9.17) is 5.73 Å². The summed E-state index contributed by atoms with van der Waals surface area (Å²) in [6.45, 7) is 6.79. The maximum absolute atomic E-state index is 12.3. The van der Waals surface area contributed by atoms with E-state index in [0.717, 1.165) is 13.1 Å². The van der Waals surface area contributed by atoms with Crippen LogP contribution in [0.5, 0.6) is 0 Å². The van der Waals surface area contributed by atoms with E-state index in [2.05, 4.69) is 40.9 Å². The summed E-state index contributed by atoms with van der Waals surface area (Å²) in [6, 6.07) is 9.33. The summed E-state index contributed by atoms with van der Waals surface area (Å²) in [7, 11) is 0. The molecule has 0 radical (unpaired) electrons. The third-order valence-electron chi connectivity index (χ3n) is 3.81. The van der Waals surface area contributed by atoms with E-state index >= 15 is 0 Å². The van der Waals surface area contributed by atoms with E-state index in [0.29, 0.717) is 17.8 Å². The van der Waals surface area contributed by atoms with Gasteiger partial charge in [0.25, 0.3) is 5.91 Å². The molecule has 0 saturated heterocycles. The number of likely N-dealkylation sites (N-methyl/N-ethyl adjacent to an activating group) is 1. The Labute approximate surface area is 135 Å². The third-order valence-corrected chi connectivity index (χ3v) is 4.51. The maximum Gasteiger partial charge on any atom is 0.251 e. The van der Waals surface area contributed by atoms with Crippen LogP contribution in [0, 0.1) is 0 Å². The molecule has 0 aliphatic rings. The van der Waals surface area contributed by atoms with Gasteiger partial charge in [-0.15, -0.1) is 0 Å². The summed E-state index contributed by atoms with van der Waals surface area (Å²) in [5, 5.41) is 7.27. The van der Waals surface area contributed by atoms with Crippen molar-refractivity contribution < 1.29 is 4.79 Å². The van der Waals surface area contributed by atoms with Gasteiger partial charge < -0.3 is 11.1 Å². The number of hydrogen-bond acceptors (Lipinski definition) is 4. The number of nitrogens with two attached hydrogens (primary N) is 1. The second-order valence-electron chi connectivity index (χ2n) is 5.13. The number of benzene rings is 1.